The van der Waals surface area contributed by atoms with Crippen molar-refractivity contribution in [1.29, 1.82) is 0 Å². The Morgan fingerprint density at radius 3 is 2.67 bits per heavy atom. The number of carbonyl (C=O) groups is 1. The molecule has 1 aliphatic rings. The molecule has 0 bridgehead atoms. The predicted octanol–water partition coefficient (Wildman–Crippen LogP) is 4.08. The van der Waals surface area contributed by atoms with Gasteiger partial charge in [-0.25, -0.2) is 9.78 Å². The average molecular weight is 391 g/mol. The van der Waals surface area contributed by atoms with Gasteiger partial charge in [-0.1, -0.05) is 6.42 Å². The highest BCUT2D eigenvalue weighted by Gasteiger charge is 2.17. The zero-order valence-corrected chi connectivity index (χ0v) is 16.7. The third-order valence-electron chi connectivity index (χ3n) is 4.60. The number of benzene rings is 1. The summed E-state index contributed by atoms with van der Waals surface area (Å²) in [6, 6.07) is 5.67. The highest BCUT2D eigenvalue weighted by Crippen LogP contribution is 2.35. The molecule has 2 aromatic rings. The van der Waals surface area contributed by atoms with Gasteiger partial charge in [-0.15, -0.1) is 11.3 Å². The van der Waals surface area contributed by atoms with Crippen LogP contribution in [0.2, 0.25) is 0 Å². The molecule has 0 spiro atoms. The SMILES string of the molecule is CCOc1cc(-c2nc(C)c(C(=O)O)s2)ccc1OCCN1CCCCC1. The van der Waals surface area contributed by atoms with E-state index in [9.17, 15) is 9.90 Å². The topological polar surface area (TPSA) is 71.9 Å². The van der Waals surface area contributed by atoms with Crippen molar-refractivity contribution in [3.8, 4) is 22.1 Å². The standard InChI is InChI=1S/C20H26N2O4S/c1-3-25-17-13-15(19-21-14(2)18(27-19)20(23)24)7-8-16(17)26-12-11-22-9-5-4-6-10-22/h7-8,13H,3-6,9-12H2,1-2H3,(H,23,24). The summed E-state index contributed by atoms with van der Waals surface area (Å²) in [5.74, 6) is 0.432. The molecule has 0 radical (unpaired) electrons. The van der Waals surface area contributed by atoms with E-state index in [0.717, 1.165) is 25.2 Å². The number of nitrogens with zero attached hydrogens (tertiary/aromatic N) is 2. The first-order valence-electron chi connectivity index (χ1n) is 9.41. The molecule has 0 atom stereocenters. The molecule has 3 rings (SSSR count). The van der Waals surface area contributed by atoms with E-state index in [0.29, 0.717) is 35.4 Å². The molecule has 1 aromatic heterocycles. The Kier molecular flexibility index (Phi) is 6.68. The van der Waals surface area contributed by atoms with Gasteiger partial charge in [-0.05, 0) is 58.0 Å². The van der Waals surface area contributed by atoms with Crippen molar-refractivity contribution in [2.24, 2.45) is 0 Å². The lowest BCUT2D eigenvalue weighted by Gasteiger charge is -2.26. The number of hydrogen-bond donors (Lipinski definition) is 1. The van der Waals surface area contributed by atoms with E-state index in [2.05, 4.69) is 9.88 Å². The monoisotopic (exact) mass is 390 g/mol. The largest absolute Gasteiger partial charge is 0.490 e. The van der Waals surface area contributed by atoms with E-state index < -0.39 is 5.97 Å². The number of rotatable bonds is 8. The van der Waals surface area contributed by atoms with E-state index in [1.54, 1.807) is 6.92 Å². The van der Waals surface area contributed by atoms with Crippen LogP contribution in [-0.4, -0.2) is 53.8 Å². The number of aromatic carboxylic acids is 1. The second-order valence-corrected chi connectivity index (χ2v) is 7.58. The molecule has 0 aliphatic carbocycles. The van der Waals surface area contributed by atoms with Crippen LogP contribution in [-0.2, 0) is 0 Å². The van der Waals surface area contributed by atoms with Gasteiger partial charge in [0.05, 0.1) is 12.3 Å². The van der Waals surface area contributed by atoms with Crippen molar-refractivity contribution in [3.63, 3.8) is 0 Å². The van der Waals surface area contributed by atoms with Crippen LogP contribution < -0.4 is 9.47 Å². The van der Waals surface area contributed by atoms with E-state index in [4.69, 9.17) is 9.47 Å². The van der Waals surface area contributed by atoms with E-state index in [-0.39, 0.29) is 4.88 Å². The Labute approximate surface area is 163 Å². The molecule has 27 heavy (non-hydrogen) atoms. The summed E-state index contributed by atoms with van der Waals surface area (Å²) < 4.78 is 11.7. The number of piperidine rings is 1. The van der Waals surface area contributed by atoms with Gasteiger partial charge in [-0.2, -0.15) is 0 Å². The van der Waals surface area contributed by atoms with Gasteiger partial charge < -0.3 is 14.6 Å². The van der Waals surface area contributed by atoms with Gasteiger partial charge in [0, 0.05) is 12.1 Å². The van der Waals surface area contributed by atoms with Crippen LogP contribution in [0.15, 0.2) is 18.2 Å². The molecule has 0 saturated carbocycles. The van der Waals surface area contributed by atoms with Crippen LogP contribution in [0.4, 0.5) is 0 Å². The third kappa shape index (κ3) is 4.99. The summed E-state index contributed by atoms with van der Waals surface area (Å²) in [5.41, 5.74) is 1.37. The number of aromatic nitrogens is 1. The van der Waals surface area contributed by atoms with Crippen molar-refractivity contribution in [1.82, 2.24) is 9.88 Å². The molecule has 1 aromatic carbocycles. The first-order valence-corrected chi connectivity index (χ1v) is 10.2. The Bertz CT molecular complexity index is 784. The summed E-state index contributed by atoms with van der Waals surface area (Å²) in [6.45, 7) is 8.01. The lowest BCUT2D eigenvalue weighted by molar-refractivity contribution is 0.0701. The van der Waals surface area contributed by atoms with E-state index >= 15 is 0 Å². The van der Waals surface area contributed by atoms with Gasteiger partial charge in [0.25, 0.3) is 0 Å². The number of hydrogen-bond acceptors (Lipinski definition) is 6. The Hall–Kier alpha value is -2.12. The van der Waals surface area contributed by atoms with Gasteiger partial charge in [-0.3, -0.25) is 4.90 Å². The molecular weight excluding hydrogens is 364 g/mol. The summed E-state index contributed by atoms with van der Waals surface area (Å²) in [6.07, 6.45) is 3.86. The average Bonchev–Trinajstić information content (AvgIpc) is 3.06. The minimum Gasteiger partial charge on any atom is -0.490 e. The highest BCUT2D eigenvalue weighted by molar-refractivity contribution is 7.17. The van der Waals surface area contributed by atoms with Crippen LogP contribution in [0.3, 0.4) is 0 Å². The number of carboxylic acids is 1. The van der Waals surface area contributed by atoms with Crippen LogP contribution in [0.5, 0.6) is 11.5 Å². The van der Waals surface area contributed by atoms with Crippen LogP contribution in [0, 0.1) is 6.92 Å². The van der Waals surface area contributed by atoms with Crippen molar-refractivity contribution in [2.75, 3.05) is 32.8 Å². The van der Waals surface area contributed by atoms with Gasteiger partial charge in [0.15, 0.2) is 11.5 Å². The number of likely N-dealkylation sites (tertiary alicyclic amines) is 1. The molecule has 0 amide bonds. The Morgan fingerprint density at radius 1 is 1.22 bits per heavy atom. The summed E-state index contributed by atoms with van der Waals surface area (Å²) >= 11 is 1.18. The predicted molar refractivity (Wildman–Crippen MR) is 106 cm³/mol. The minimum atomic E-state index is -0.945. The quantitative estimate of drug-likeness (QED) is 0.732. The maximum absolute atomic E-state index is 11.3. The highest BCUT2D eigenvalue weighted by atomic mass is 32.1. The minimum absolute atomic E-state index is 0.268. The fourth-order valence-electron chi connectivity index (χ4n) is 3.21. The zero-order chi connectivity index (χ0) is 19.2. The van der Waals surface area contributed by atoms with Gasteiger partial charge in [0.1, 0.15) is 16.5 Å². The number of carboxylic acid groups (broad SMARTS) is 1. The van der Waals surface area contributed by atoms with Crippen molar-refractivity contribution < 1.29 is 19.4 Å². The second kappa shape index (κ2) is 9.19. The number of aryl methyl sites for hydroxylation is 1. The van der Waals surface area contributed by atoms with Crippen molar-refractivity contribution in [2.45, 2.75) is 33.1 Å². The Balaban J connectivity index is 1.72. The summed E-state index contributed by atoms with van der Waals surface area (Å²) in [7, 11) is 0. The zero-order valence-electron chi connectivity index (χ0n) is 15.9. The van der Waals surface area contributed by atoms with Crippen molar-refractivity contribution >= 4 is 17.3 Å². The van der Waals surface area contributed by atoms with E-state index in [1.807, 2.05) is 25.1 Å². The van der Waals surface area contributed by atoms with Crippen LogP contribution in [0.1, 0.15) is 41.6 Å². The first-order chi connectivity index (χ1) is 13.1. The van der Waals surface area contributed by atoms with Gasteiger partial charge in [0.2, 0.25) is 0 Å². The van der Waals surface area contributed by atoms with Crippen molar-refractivity contribution in [3.05, 3.63) is 28.8 Å². The fraction of sp³-hybridized carbons (Fsp3) is 0.500. The van der Waals surface area contributed by atoms with E-state index in [1.165, 1.54) is 30.6 Å². The molecule has 6 nitrogen and oxygen atoms in total. The summed E-state index contributed by atoms with van der Waals surface area (Å²) in [4.78, 5) is 18.4. The normalized spacial score (nSPS) is 14.9. The van der Waals surface area contributed by atoms with Gasteiger partial charge >= 0.3 is 5.97 Å². The maximum Gasteiger partial charge on any atom is 0.347 e. The smallest absolute Gasteiger partial charge is 0.347 e. The second-order valence-electron chi connectivity index (χ2n) is 6.58. The maximum atomic E-state index is 11.3. The lowest BCUT2D eigenvalue weighted by Crippen LogP contribution is -2.33. The van der Waals surface area contributed by atoms with Crippen LogP contribution >= 0.6 is 11.3 Å². The number of ether oxygens (including phenoxy) is 2. The molecule has 2 heterocycles. The molecule has 1 fully saturated rings. The molecular formula is C20H26N2O4S. The first kappa shape index (κ1) is 19.6. The molecule has 146 valence electrons. The molecule has 7 heteroatoms. The third-order valence-corrected chi connectivity index (χ3v) is 5.79. The molecule has 0 unspecified atom stereocenters. The molecule has 1 N–H and O–H groups in total. The number of thiazole rings is 1. The molecule has 1 aliphatic heterocycles. The fourth-order valence-corrected chi connectivity index (χ4v) is 4.12. The van der Waals surface area contributed by atoms with Crippen LogP contribution in [0.25, 0.3) is 10.6 Å². The lowest BCUT2D eigenvalue weighted by atomic mass is 10.1. The summed E-state index contributed by atoms with van der Waals surface area (Å²) in [5, 5.41) is 9.91. The Morgan fingerprint density at radius 2 is 2.00 bits per heavy atom. The molecule has 1 saturated heterocycles.